The number of aryl methyl sites for hydroxylation is 1. The molecule has 0 unspecified atom stereocenters. The minimum absolute atomic E-state index is 0.00349. The molecule has 0 fully saturated rings. The molecule has 2 aromatic carbocycles. The van der Waals surface area contributed by atoms with Crippen molar-refractivity contribution in [1.82, 2.24) is 5.32 Å². The summed E-state index contributed by atoms with van der Waals surface area (Å²) in [6.45, 7) is -0.903. The number of hydrogen-bond donors (Lipinski definition) is 1. The summed E-state index contributed by atoms with van der Waals surface area (Å²) in [7, 11) is 1.40. The number of alkyl halides is 2. The standard InChI is InChI=1S/C21H25F2NO3S/c1-15(8-9-16-6-4-3-5-7-16)24-20(25)14-28-13-17-10-11-18(27-21(22)23)19(12-17)26-2/h3-7,10-12,15,21H,8-9,13-14H2,1-2H3,(H,24,25)/t15-/m1/s1. The van der Waals surface area contributed by atoms with Gasteiger partial charge in [-0.1, -0.05) is 36.4 Å². The molecule has 1 N–H and O–H groups in total. The zero-order valence-corrected chi connectivity index (χ0v) is 16.8. The second-order valence-corrected chi connectivity index (χ2v) is 7.33. The molecule has 4 nitrogen and oxygen atoms in total. The second kappa shape index (κ2) is 11.5. The summed E-state index contributed by atoms with van der Waals surface area (Å²) in [6.07, 6.45) is 1.80. The summed E-state index contributed by atoms with van der Waals surface area (Å²) >= 11 is 1.45. The van der Waals surface area contributed by atoms with Crippen LogP contribution in [0.1, 0.15) is 24.5 Å². The highest BCUT2D eigenvalue weighted by atomic mass is 32.2. The number of rotatable bonds is 11. The first-order chi connectivity index (χ1) is 13.5. The SMILES string of the molecule is COc1cc(CSCC(=O)N[C@H](C)CCc2ccccc2)ccc1OC(F)F. The van der Waals surface area contributed by atoms with E-state index in [0.717, 1.165) is 18.4 Å². The third kappa shape index (κ3) is 7.76. The number of ether oxygens (including phenoxy) is 2. The maximum absolute atomic E-state index is 12.4. The average molecular weight is 409 g/mol. The van der Waals surface area contributed by atoms with Crippen LogP contribution in [0.25, 0.3) is 0 Å². The van der Waals surface area contributed by atoms with E-state index in [4.69, 9.17) is 4.74 Å². The van der Waals surface area contributed by atoms with Gasteiger partial charge in [-0.3, -0.25) is 4.79 Å². The van der Waals surface area contributed by atoms with Crippen molar-refractivity contribution in [3.05, 3.63) is 59.7 Å². The minimum atomic E-state index is -2.90. The van der Waals surface area contributed by atoms with E-state index < -0.39 is 6.61 Å². The zero-order chi connectivity index (χ0) is 20.4. The third-order valence-electron chi connectivity index (χ3n) is 4.06. The molecule has 0 saturated carbocycles. The van der Waals surface area contributed by atoms with Gasteiger partial charge in [-0.05, 0) is 43.0 Å². The fourth-order valence-electron chi connectivity index (χ4n) is 2.67. The molecule has 152 valence electrons. The minimum Gasteiger partial charge on any atom is -0.493 e. The Kier molecular flexibility index (Phi) is 9.07. The van der Waals surface area contributed by atoms with Gasteiger partial charge < -0.3 is 14.8 Å². The molecule has 2 rings (SSSR count). The van der Waals surface area contributed by atoms with E-state index in [1.54, 1.807) is 12.1 Å². The van der Waals surface area contributed by atoms with Crippen LogP contribution in [-0.2, 0) is 17.0 Å². The molecule has 2 aromatic rings. The smallest absolute Gasteiger partial charge is 0.387 e. The van der Waals surface area contributed by atoms with Gasteiger partial charge in [-0.15, -0.1) is 11.8 Å². The normalized spacial score (nSPS) is 11.9. The number of methoxy groups -OCH3 is 1. The van der Waals surface area contributed by atoms with E-state index in [0.29, 0.717) is 11.5 Å². The maximum atomic E-state index is 12.4. The summed E-state index contributed by atoms with van der Waals surface area (Å²) in [5.41, 5.74) is 2.12. The van der Waals surface area contributed by atoms with E-state index in [9.17, 15) is 13.6 Å². The number of halogens is 2. The number of hydrogen-bond acceptors (Lipinski definition) is 4. The van der Waals surface area contributed by atoms with Gasteiger partial charge in [0.15, 0.2) is 11.5 Å². The van der Waals surface area contributed by atoms with Crippen molar-refractivity contribution in [2.75, 3.05) is 12.9 Å². The van der Waals surface area contributed by atoms with E-state index >= 15 is 0 Å². The highest BCUT2D eigenvalue weighted by Gasteiger charge is 2.12. The molecule has 0 aromatic heterocycles. The van der Waals surface area contributed by atoms with Crippen LogP contribution in [0.5, 0.6) is 11.5 Å². The highest BCUT2D eigenvalue weighted by molar-refractivity contribution is 7.99. The number of carbonyl (C=O) groups is 1. The van der Waals surface area contributed by atoms with Crippen LogP contribution >= 0.6 is 11.8 Å². The molecule has 7 heteroatoms. The number of carbonyl (C=O) groups excluding carboxylic acids is 1. The lowest BCUT2D eigenvalue weighted by molar-refractivity contribution is -0.119. The topological polar surface area (TPSA) is 47.6 Å². The van der Waals surface area contributed by atoms with Crippen molar-refractivity contribution < 1.29 is 23.0 Å². The van der Waals surface area contributed by atoms with Crippen molar-refractivity contribution in [3.8, 4) is 11.5 Å². The molecular weight excluding hydrogens is 384 g/mol. The van der Waals surface area contributed by atoms with E-state index in [1.165, 1.54) is 30.5 Å². The lowest BCUT2D eigenvalue weighted by Crippen LogP contribution is -2.34. The van der Waals surface area contributed by atoms with Crippen LogP contribution in [0.2, 0.25) is 0 Å². The van der Waals surface area contributed by atoms with Crippen molar-refractivity contribution in [1.29, 1.82) is 0 Å². The lowest BCUT2D eigenvalue weighted by atomic mass is 10.1. The van der Waals surface area contributed by atoms with Gasteiger partial charge >= 0.3 is 6.61 Å². The predicted molar refractivity (Wildman–Crippen MR) is 108 cm³/mol. The predicted octanol–water partition coefficient (Wildman–Crippen LogP) is 4.67. The van der Waals surface area contributed by atoms with Gasteiger partial charge in [0.25, 0.3) is 0 Å². The van der Waals surface area contributed by atoms with Gasteiger partial charge in [-0.25, -0.2) is 0 Å². The number of amides is 1. The summed E-state index contributed by atoms with van der Waals surface area (Å²) in [6, 6.07) is 15.0. The van der Waals surface area contributed by atoms with Crippen LogP contribution in [0, 0.1) is 0 Å². The molecule has 1 atom stereocenters. The molecule has 0 aliphatic rings. The Morgan fingerprint density at radius 2 is 1.86 bits per heavy atom. The van der Waals surface area contributed by atoms with Gasteiger partial charge in [0.2, 0.25) is 5.91 Å². The van der Waals surface area contributed by atoms with Crippen molar-refractivity contribution in [3.63, 3.8) is 0 Å². The van der Waals surface area contributed by atoms with Crippen LogP contribution in [0.3, 0.4) is 0 Å². The van der Waals surface area contributed by atoms with Gasteiger partial charge in [0, 0.05) is 11.8 Å². The van der Waals surface area contributed by atoms with E-state index in [2.05, 4.69) is 22.2 Å². The summed E-state index contributed by atoms with van der Waals surface area (Å²) < 4.78 is 34.2. The Bertz CT molecular complexity index is 744. The maximum Gasteiger partial charge on any atom is 0.387 e. The monoisotopic (exact) mass is 409 g/mol. The second-order valence-electron chi connectivity index (χ2n) is 6.35. The Labute approximate surface area is 168 Å². The Balaban J connectivity index is 1.72. The molecule has 1 amide bonds. The van der Waals surface area contributed by atoms with Crippen molar-refractivity contribution in [2.45, 2.75) is 38.2 Å². The van der Waals surface area contributed by atoms with Crippen LogP contribution in [-0.4, -0.2) is 31.4 Å². The number of thioether (sulfide) groups is 1. The van der Waals surface area contributed by atoms with E-state index in [1.807, 2.05) is 25.1 Å². The lowest BCUT2D eigenvalue weighted by Gasteiger charge is -2.14. The van der Waals surface area contributed by atoms with Crippen LogP contribution in [0.4, 0.5) is 8.78 Å². The summed E-state index contributed by atoms with van der Waals surface area (Å²) in [4.78, 5) is 12.1. The van der Waals surface area contributed by atoms with Gasteiger partial charge in [0.05, 0.1) is 12.9 Å². The largest absolute Gasteiger partial charge is 0.493 e. The van der Waals surface area contributed by atoms with Gasteiger partial charge in [0.1, 0.15) is 0 Å². The van der Waals surface area contributed by atoms with Crippen molar-refractivity contribution in [2.24, 2.45) is 0 Å². The third-order valence-corrected chi connectivity index (χ3v) is 5.07. The average Bonchev–Trinajstić information content (AvgIpc) is 2.68. The summed E-state index contributed by atoms with van der Waals surface area (Å²) in [5, 5.41) is 3.00. The first-order valence-corrected chi connectivity index (χ1v) is 10.2. The molecule has 0 spiro atoms. The molecule has 0 aliphatic heterocycles. The van der Waals surface area contributed by atoms with Crippen molar-refractivity contribution >= 4 is 17.7 Å². The van der Waals surface area contributed by atoms with Gasteiger partial charge in [-0.2, -0.15) is 8.78 Å². The first kappa shape index (κ1) is 22.0. The molecular formula is C21H25F2NO3S. The quantitative estimate of drug-likeness (QED) is 0.586. The molecule has 0 aliphatic carbocycles. The molecule has 0 bridgehead atoms. The molecule has 0 radical (unpaired) electrons. The van der Waals surface area contributed by atoms with E-state index in [-0.39, 0.29) is 23.4 Å². The first-order valence-electron chi connectivity index (χ1n) is 9.00. The Hall–Kier alpha value is -2.28. The number of benzene rings is 2. The fraction of sp³-hybridized carbons (Fsp3) is 0.381. The Morgan fingerprint density at radius 1 is 1.11 bits per heavy atom. The Morgan fingerprint density at radius 3 is 2.54 bits per heavy atom. The van der Waals surface area contributed by atoms with Crippen LogP contribution < -0.4 is 14.8 Å². The molecule has 0 heterocycles. The number of nitrogens with one attached hydrogen (secondary N) is 1. The molecule has 0 saturated heterocycles. The highest BCUT2D eigenvalue weighted by Crippen LogP contribution is 2.30. The van der Waals surface area contributed by atoms with Crippen LogP contribution in [0.15, 0.2) is 48.5 Å². The fourth-order valence-corrected chi connectivity index (χ4v) is 3.46. The summed E-state index contributed by atoms with van der Waals surface area (Å²) in [5.74, 6) is 1.12. The molecule has 28 heavy (non-hydrogen) atoms. The zero-order valence-electron chi connectivity index (χ0n) is 16.0.